The van der Waals surface area contributed by atoms with Crippen LogP contribution in [-0.4, -0.2) is 12.5 Å². The number of amides is 1. The highest BCUT2D eigenvalue weighted by molar-refractivity contribution is 5.90. The Morgan fingerprint density at radius 1 is 1.05 bits per heavy atom. The molecule has 0 aliphatic carbocycles. The van der Waals surface area contributed by atoms with Crippen LogP contribution >= 0.6 is 0 Å². The lowest BCUT2D eigenvalue weighted by Crippen LogP contribution is -2.15. The Hall–Kier alpha value is -2.29. The first-order valence-electron chi connectivity index (χ1n) is 7.23. The summed E-state index contributed by atoms with van der Waals surface area (Å²) in [5.41, 5.74) is 2.09. The minimum absolute atomic E-state index is 0.0387. The number of rotatable bonds is 6. The number of nitrogens with one attached hydrogen (secondary N) is 1. The molecule has 21 heavy (non-hydrogen) atoms. The van der Waals surface area contributed by atoms with Crippen molar-refractivity contribution >= 4 is 11.6 Å². The topological polar surface area (TPSA) is 38.3 Å². The molecule has 1 N–H and O–H groups in total. The summed E-state index contributed by atoms with van der Waals surface area (Å²) in [4.78, 5) is 11.8. The van der Waals surface area contributed by atoms with Crippen LogP contribution in [0.15, 0.2) is 54.6 Å². The molecule has 0 radical (unpaired) electrons. The van der Waals surface area contributed by atoms with Gasteiger partial charge in [-0.15, -0.1) is 0 Å². The van der Waals surface area contributed by atoms with Crippen LogP contribution in [0.4, 0.5) is 5.69 Å². The molecule has 2 rings (SSSR count). The van der Waals surface area contributed by atoms with E-state index in [-0.39, 0.29) is 5.91 Å². The van der Waals surface area contributed by atoms with Crippen LogP contribution in [0.5, 0.6) is 5.75 Å². The first kappa shape index (κ1) is 15.1. The predicted octanol–water partition coefficient (Wildman–Crippen LogP) is 4.22. The molecule has 0 saturated heterocycles. The van der Waals surface area contributed by atoms with Gasteiger partial charge in [0.1, 0.15) is 5.75 Å². The number of para-hydroxylation sites is 1. The Morgan fingerprint density at radius 3 is 2.33 bits per heavy atom. The van der Waals surface area contributed by atoms with Crippen molar-refractivity contribution in [2.24, 2.45) is 0 Å². The summed E-state index contributed by atoms with van der Waals surface area (Å²) in [6.45, 7) is 4.67. The van der Waals surface area contributed by atoms with Crippen molar-refractivity contribution < 1.29 is 9.53 Å². The maximum Gasteiger partial charge on any atom is 0.227 e. The van der Waals surface area contributed by atoms with E-state index in [9.17, 15) is 4.79 Å². The van der Waals surface area contributed by atoms with Gasteiger partial charge in [-0.3, -0.25) is 4.79 Å². The van der Waals surface area contributed by atoms with Crippen LogP contribution in [0.3, 0.4) is 0 Å². The Balaban J connectivity index is 1.76. The Bertz CT molecular complexity index is 562. The lowest BCUT2D eigenvalue weighted by atomic mass is 10.0. The molecule has 0 heterocycles. The molecule has 1 amide bonds. The van der Waals surface area contributed by atoms with Crippen LogP contribution in [-0.2, 0) is 4.79 Å². The lowest BCUT2D eigenvalue weighted by molar-refractivity contribution is -0.116. The molecule has 0 aliphatic heterocycles. The Kier molecular flexibility index (Phi) is 5.38. The summed E-state index contributed by atoms with van der Waals surface area (Å²) in [5, 5.41) is 2.88. The first-order chi connectivity index (χ1) is 10.1. The Labute approximate surface area is 126 Å². The molecule has 0 atom stereocenters. The molecule has 3 heteroatoms. The fraction of sp³-hybridized carbons (Fsp3) is 0.278. The van der Waals surface area contributed by atoms with Gasteiger partial charge in [0.05, 0.1) is 13.0 Å². The normalized spacial score (nSPS) is 10.4. The maximum atomic E-state index is 11.8. The largest absolute Gasteiger partial charge is 0.493 e. The van der Waals surface area contributed by atoms with E-state index in [1.807, 2.05) is 54.6 Å². The highest BCUT2D eigenvalue weighted by atomic mass is 16.5. The van der Waals surface area contributed by atoms with Crippen LogP contribution < -0.4 is 10.1 Å². The average molecular weight is 283 g/mol. The van der Waals surface area contributed by atoms with Gasteiger partial charge in [-0.25, -0.2) is 0 Å². The summed E-state index contributed by atoms with van der Waals surface area (Å²) in [6.07, 6.45) is 0.334. The number of anilines is 1. The molecule has 0 spiro atoms. The van der Waals surface area contributed by atoms with Crippen LogP contribution in [0.2, 0.25) is 0 Å². The molecular formula is C18H21NO2. The third-order valence-corrected chi connectivity index (χ3v) is 3.20. The SMILES string of the molecule is CC(C)c1ccc(NC(=O)CCOc2ccccc2)cc1. The van der Waals surface area contributed by atoms with E-state index in [4.69, 9.17) is 4.74 Å². The van der Waals surface area contributed by atoms with Crippen molar-refractivity contribution in [2.75, 3.05) is 11.9 Å². The summed E-state index contributed by atoms with van der Waals surface area (Å²) < 4.78 is 5.50. The number of carbonyl (C=O) groups excluding carboxylic acids is 1. The fourth-order valence-corrected chi connectivity index (χ4v) is 1.95. The molecule has 0 bridgehead atoms. The van der Waals surface area contributed by atoms with E-state index < -0.39 is 0 Å². The van der Waals surface area contributed by atoms with E-state index in [0.717, 1.165) is 11.4 Å². The molecule has 2 aromatic carbocycles. The minimum Gasteiger partial charge on any atom is -0.493 e. The third-order valence-electron chi connectivity index (χ3n) is 3.20. The maximum absolute atomic E-state index is 11.8. The highest BCUT2D eigenvalue weighted by Gasteiger charge is 2.04. The molecule has 0 unspecified atom stereocenters. The standard InChI is InChI=1S/C18H21NO2/c1-14(2)15-8-10-16(11-9-15)19-18(20)12-13-21-17-6-4-3-5-7-17/h3-11,14H,12-13H2,1-2H3,(H,19,20). The highest BCUT2D eigenvalue weighted by Crippen LogP contribution is 2.17. The van der Waals surface area contributed by atoms with E-state index >= 15 is 0 Å². The predicted molar refractivity (Wildman–Crippen MR) is 85.7 cm³/mol. The number of hydrogen-bond acceptors (Lipinski definition) is 2. The molecule has 2 aromatic rings. The first-order valence-corrected chi connectivity index (χ1v) is 7.23. The molecule has 0 saturated carbocycles. The summed E-state index contributed by atoms with van der Waals surface area (Å²) in [6, 6.07) is 17.5. The van der Waals surface area contributed by atoms with E-state index in [1.165, 1.54) is 5.56 Å². The van der Waals surface area contributed by atoms with Gasteiger partial charge in [0.2, 0.25) is 5.91 Å². The van der Waals surface area contributed by atoms with Crippen molar-refractivity contribution in [3.63, 3.8) is 0 Å². The van der Waals surface area contributed by atoms with Gasteiger partial charge in [-0.1, -0.05) is 44.2 Å². The quantitative estimate of drug-likeness (QED) is 0.862. The fourth-order valence-electron chi connectivity index (χ4n) is 1.95. The van der Waals surface area contributed by atoms with Crippen molar-refractivity contribution in [1.82, 2.24) is 0 Å². The van der Waals surface area contributed by atoms with Gasteiger partial charge in [-0.05, 0) is 35.7 Å². The van der Waals surface area contributed by atoms with Crippen molar-refractivity contribution in [1.29, 1.82) is 0 Å². The molecular weight excluding hydrogens is 262 g/mol. The monoisotopic (exact) mass is 283 g/mol. The van der Waals surface area contributed by atoms with Gasteiger partial charge in [0.15, 0.2) is 0 Å². The molecule has 3 nitrogen and oxygen atoms in total. The summed E-state index contributed by atoms with van der Waals surface area (Å²) in [5.74, 6) is 1.24. The van der Waals surface area contributed by atoms with Gasteiger partial charge in [0.25, 0.3) is 0 Å². The molecule has 0 aromatic heterocycles. The van der Waals surface area contributed by atoms with Crippen molar-refractivity contribution in [2.45, 2.75) is 26.2 Å². The zero-order valence-electron chi connectivity index (χ0n) is 12.5. The van der Waals surface area contributed by atoms with Gasteiger partial charge < -0.3 is 10.1 Å². The second-order valence-corrected chi connectivity index (χ2v) is 5.24. The zero-order valence-corrected chi connectivity index (χ0v) is 12.5. The van der Waals surface area contributed by atoms with Crippen molar-refractivity contribution in [3.05, 3.63) is 60.2 Å². The second-order valence-electron chi connectivity index (χ2n) is 5.24. The average Bonchev–Trinajstić information content (AvgIpc) is 2.49. The number of benzene rings is 2. The number of hydrogen-bond donors (Lipinski definition) is 1. The van der Waals surface area contributed by atoms with Gasteiger partial charge >= 0.3 is 0 Å². The van der Waals surface area contributed by atoms with E-state index in [1.54, 1.807) is 0 Å². The molecule has 0 fully saturated rings. The van der Waals surface area contributed by atoms with Gasteiger partial charge in [0, 0.05) is 5.69 Å². The van der Waals surface area contributed by atoms with E-state index in [0.29, 0.717) is 18.9 Å². The number of ether oxygens (including phenoxy) is 1. The summed E-state index contributed by atoms with van der Waals surface area (Å²) >= 11 is 0. The summed E-state index contributed by atoms with van der Waals surface area (Å²) in [7, 11) is 0. The lowest BCUT2D eigenvalue weighted by Gasteiger charge is -2.09. The Morgan fingerprint density at radius 2 is 1.71 bits per heavy atom. The zero-order chi connectivity index (χ0) is 15.1. The van der Waals surface area contributed by atoms with E-state index in [2.05, 4.69) is 19.2 Å². The smallest absolute Gasteiger partial charge is 0.227 e. The second kappa shape index (κ2) is 7.48. The minimum atomic E-state index is -0.0387. The van der Waals surface area contributed by atoms with Crippen LogP contribution in [0, 0.1) is 0 Å². The van der Waals surface area contributed by atoms with Crippen LogP contribution in [0.25, 0.3) is 0 Å². The van der Waals surface area contributed by atoms with Crippen LogP contribution in [0.1, 0.15) is 31.7 Å². The number of carbonyl (C=O) groups is 1. The molecule has 110 valence electrons. The van der Waals surface area contributed by atoms with Crippen molar-refractivity contribution in [3.8, 4) is 5.75 Å². The molecule has 0 aliphatic rings. The van der Waals surface area contributed by atoms with Gasteiger partial charge in [-0.2, -0.15) is 0 Å². The third kappa shape index (κ3) is 4.95.